The molecule has 0 bridgehead atoms. The minimum Gasteiger partial charge on any atom is -0.293 e. The van der Waals surface area contributed by atoms with Crippen LogP contribution in [0.25, 0.3) is 5.57 Å². The average Bonchev–Trinajstić information content (AvgIpc) is 2.49. The highest BCUT2D eigenvalue weighted by atomic mass is 16.1. The summed E-state index contributed by atoms with van der Waals surface area (Å²) in [6, 6.07) is 18.4. The monoisotopic (exact) mass is 250 g/mol. The first-order chi connectivity index (χ1) is 9.24. The summed E-state index contributed by atoms with van der Waals surface area (Å²) in [5.74, 6) is 1.24. The van der Waals surface area contributed by atoms with Crippen molar-refractivity contribution in [1.29, 1.82) is 0 Å². The summed E-state index contributed by atoms with van der Waals surface area (Å²) in [5.41, 5.74) is 1.62. The Balaban J connectivity index is 2.31. The van der Waals surface area contributed by atoms with E-state index in [-0.39, 0.29) is 17.3 Å². The van der Waals surface area contributed by atoms with Crippen molar-refractivity contribution in [3.8, 4) is 0 Å². The van der Waals surface area contributed by atoms with Crippen LogP contribution in [0.5, 0.6) is 0 Å². The van der Waals surface area contributed by atoms with E-state index >= 15 is 0 Å². The van der Waals surface area contributed by atoms with Crippen LogP contribution in [0, 0.1) is 0 Å². The van der Waals surface area contributed by atoms with Gasteiger partial charge < -0.3 is 0 Å². The van der Waals surface area contributed by atoms with Gasteiger partial charge in [-0.25, -0.2) is 4.79 Å². The summed E-state index contributed by atoms with van der Waals surface area (Å²) in [4.78, 5) is 23.5. The Morgan fingerprint density at radius 3 is 2.00 bits per heavy atom. The highest BCUT2D eigenvalue weighted by molar-refractivity contribution is 6.30. The number of hydrogen-bond donors (Lipinski definition) is 0. The summed E-state index contributed by atoms with van der Waals surface area (Å²) in [6.45, 7) is 1.80. The van der Waals surface area contributed by atoms with Crippen molar-refractivity contribution >= 4 is 17.3 Å². The summed E-state index contributed by atoms with van der Waals surface area (Å²) in [5, 5.41) is 0. The molecule has 0 amide bonds. The Kier molecular flexibility index (Phi) is 4.07. The maximum absolute atomic E-state index is 12.4. The number of carbonyl (C=O) groups is 1. The van der Waals surface area contributed by atoms with Gasteiger partial charge in [0, 0.05) is 5.92 Å². The standard InChI is InChI=1S/C17H14O2/c1-13(14-8-4-2-5-9-14)17(19)16(12-18)15-10-6-3-7-11-15/h2-11,13H,1H3. The Hall–Kier alpha value is -2.44. The molecule has 2 aromatic carbocycles. The van der Waals surface area contributed by atoms with Crippen LogP contribution in [-0.2, 0) is 9.59 Å². The zero-order chi connectivity index (χ0) is 13.7. The maximum Gasteiger partial charge on any atom is 0.181 e. The van der Waals surface area contributed by atoms with E-state index in [1.165, 1.54) is 0 Å². The SMILES string of the molecule is CC(C(=O)C(=C=O)c1ccccc1)c1ccccc1. The van der Waals surface area contributed by atoms with Gasteiger partial charge in [0.2, 0.25) is 0 Å². The van der Waals surface area contributed by atoms with Crippen molar-refractivity contribution < 1.29 is 9.59 Å². The normalized spacial score (nSPS) is 11.4. The van der Waals surface area contributed by atoms with Crippen molar-refractivity contribution in [2.45, 2.75) is 12.8 Å². The summed E-state index contributed by atoms with van der Waals surface area (Å²) < 4.78 is 0. The predicted octanol–water partition coefficient (Wildman–Crippen LogP) is 3.27. The second kappa shape index (κ2) is 5.94. The van der Waals surface area contributed by atoms with Crippen LogP contribution in [0.4, 0.5) is 0 Å². The first kappa shape index (κ1) is 13.0. The second-order valence-corrected chi connectivity index (χ2v) is 4.34. The molecule has 0 aliphatic heterocycles. The largest absolute Gasteiger partial charge is 0.293 e. The summed E-state index contributed by atoms with van der Waals surface area (Å²) in [6.07, 6.45) is 0. The number of ketones is 1. The van der Waals surface area contributed by atoms with Gasteiger partial charge in [-0.1, -0.05) is 67.6 Å². The van der Waals surface area contributed by atoms with Crippen molar-refractivity contribution in [3.63, 3.8) is 0 Å². The van der Waals surface area contributed by atoms with Crippen molar-refractivity contribution in [1.82, 2.24) is 0 Å². The van der Waals surface area contributed by atoms with E-state index in [4.69, 9.17) is 0 Å². The van der Waals surface area contributed by atoms with Gasteiger partial charge >= 0.3 is 0 Å². The Labute approximate surface area is 112 Å². The first-order valence-corrected chi connectivity index (χ1v) is 6.13. The molecule has 0 aliphatic carbocycles. The molecule has 0 spiro atoms. The minimum absolute atomic E-state index is 0.108. The molecule has 0 N–H and O–H groups in total. The van der Waals surface area contributed by atoms with Gasteiger partial charge in [-0.15, -0.1) is 0 Å². The molecule has 0 aromatic heterocycles. The molecule has 2 heteroatoms. The zero-order valence-corrected chi connectivity index (χ0v) is 10.7. The van der Waals surface area contributed by atoms with Gasteiger partial charge in [0.1, 0.15) is 11.5 Å². The smallest absolute Gasteiger partial charge is 0.181 e. The molecule has 19 heavy (non-hydrogen) atoms. The molecule has 94 valence electrons. The molecule has 0 fully saturated rings. The molecule has 0 aliphatic rings. The lowest BCUT2D eigenvalue weighted by molar-refractivity contribution is -0.114. The van der Waals surface area contributed by atoms with Crippen LogP contribution in [0.3, 0.4) is 0 Å². The van der Waals surface area contributed by atoms with Gasteiger partial charge in [-0.3, -0.25) is 4.79 Å². The average molecular weight is 250 g/mol. The molecular formula is C17H14O2. The molecular weight excluding hydrogens is 236 g/mol. The van der Waals surface area contributed by atoms with E-state index in [9.17, 15) is 9.59 Å². The van der Waals surface area contributed by atoms with Crippen LogP contribution >= 0.6 is 0 Å². The third-order valence-electron chi connectivity index (χ3n) is 3.10. The number of carbonyl (C=O) groups excluding carboxylic acids is 2. The van der Waals surface area contributed by atoms with Crippen LogP contribution in [0.15, 0.2) is 60.7 Å². The lowest BCUT2D eigenvalue weighted by Gasteiger charge is -2.11. The molecule has 0 saturated heterocycles. The van der Waals surface area contributed by atoms with Gasteiger partial charge in [-0.2, -0.15) is 0 Å². The number of Topliss-reactive ketones (excluding diaryl/α,β-unsaturated/α-hetero) is 1. The van der Waals surface area contributed by atoms with Gasteiger partial charge in [0.25, 0.3) is 0 Å². The molecule has 0 radical (unpaired) electrons. The van der Waals surface area contributed by atoms with E-state index < -0.39 is 0 Å². The van der Waals surface area contributed by atoms with Gasteiger partial charge in [0.05, 0.1) is 0 Å². The summed E-state index contributed by atoms with van der Waals surface area (Å²) in [7, 11) is 0. The van der Waals surface area contributed by atoms with Crippen LogP contribution in [0.1, 0.15) is 24.0 Å². The quantitative estimate of drug-likeness (QED) is 0.616. The molecule has 1 unspecified atom stereocenters. The van der Waals surface area contributed by atoms with Gasteiger partial charge in [0.15, 0.2) is 5.78 Å². The number of hydrogen-bond acceptors (Lipinski definition) is 2. The molecule has 0 heterocycles. The van der Waals surface area contributed by atoms with E-state index in [0.29, 0.717) is 5.56 Å². The fourth-order valence-electron chi connectivity index (χ4n) is 1.97. The van der Waals surface area contributed by atoms with Crippen LogP contribution < -0.4 is 0 Å². The molecule has 1 atom stereocenters. The highest BCUT2D eigenvalue weighted by Gasteiger charge is 2.21. The number of rotatable bonds is 4. The second-order valence-electron chi connectivity index (χ2n) is 4.34. The molecule has 2 aromatic rings. The fraction of sp³-hybridized carbons (Fsp3) is 0.118. The van der Waals surface area contributed by atoms with E-state index in [2.05, 4.69) is 0 Å². The van der Waals surface area contributed by atoms with Gasteiger partial charge in [-0.05, 0) is 11.1 Å². The minimum atomic E-state index is -0.349. The predicted molar refractivity (Wildman–Crippen MR) is 75.4 cm³/mol. The Bertz CT molecular complexity index is 608. The first-order valence-electron chi connectivity index (χ1n) is 6.13. The lowest BCUT2D eigenvalue weighted by atomic mass is 9.90. The van der Waals surface area contributed by atoms with Crippen molar-refractivity contribution in [2.75, 3.05) is 0 Å². The Morgan fingerprint density at radius 2 is 1.47 bits per heavy atom. The van der Waals surface area contributed by atoms with Crippen LogP contribution in [0.2, 0.25) is 0 Å². The maximum atomic E-state index is 12.4. The zero-order valence-electron chi connectivity index (χ0n) is 10.7. The molecule has 2 nitrogen and oxygen atoms in total. The van der Waals surface area contributed by atoms with Crippen molar-refractivity contribution in [3.05, 3.63) is 71.8 Å². The van der Waals surface area contributed by atoms with E-state index in [1.54, 1.807) is 37.1 Å². The topological polar surface area (TPSA) is 34.1 Å². The highest BCUT2D eigenvalue weighted by Crippen LogP contribution is 2.23. The molecule has 0 saturated carbocycles. The molecule has 2 rings (SSSR count). The third-order valence-corrected chi connectivity index (χ3v) is 3.10. The van der Waals surface area contributed by atoms with E-state index in [1.807, 2.05) is 36.4 Å². The number of benzene rings is 2. The summed E-state index contributed by atoms with van der Waals surface area (Å²) >= 11 is 0. The third kappa shape index (κ3) is 2.87. The van der Waals surface area contributed by atoms with E-state index in [0.717, 1.165) is 5.56 Å². The number of allylic oxidation sites excluding steroid dienone is 1. The van der Waals surface area contributed by atoms with Crippen molar-refractivity contribution in [2.24, 2.45) is 0 Å². The lowest BCUT2D eigenvalue weighted by Crippen LogP contribution is -2.11. The van der Waals surface area contributed by atoms with Crippen LogP contribution in [-0.4, -0.2) is 11.7 Å². The Morgan fingerprint density at radius 1 is 0.947 bits per heavy atom. The fourth-order valence-corrected chi connectivity index (χ4v) is 1.97.